The highest BCUT2D eigenvalue weighted by atomic mass is 35.5. The van der Waals surface area contributed by atoms with Gasteiger partial charge in [-0.1, -0.05) is 27.7 Å². The van der Waals surface area contributed by atoms with Crippen LogP contribution < -0.4 is 0 Å². The minimum atomic E-state index is -1.11. The molecule has 0 aliphatic rings. The molecule has 0 aliphatic carbocycles. The number of halogens is 1. The molecule has 1 rings (SSSR count). The first-order valence-corrected chi connectivity index (χ1v) is 4.80. The second-order valence-electron chi connectivity index (χ2n) is 1.52. The molecule has 1 heterocycles. The normalized spacial score (nSPS) is 7.50. The van der Waals surface area contributed by atoms with Gasteiger partial charge in [-0.15, -0.1) is 0 Å². The predicted molar refractivity (Wildman–Crippen MR) is 56.7 cm³/mol. The topological polar surface area (TPSA) is 63.1 Å². The zero-order valence-corrected chi connectivity index (χ0v) is 9.54. The van der Waals surface area contributed by atoms with Crippen LogP contribution in [0.2, 0.25) is 5.28 Å². The van der Waals surface area contributed by atoms with Crippen molar-refractivity contribution in [2.45, 2.75) is 27.7 Å². The largest absolute Gasteiger partial charge is 0.477 e. The van der Waals surface area contributed by atoms with Gasteiger partial charge in [0.2, 0.25) is 5.28 Å². The molecule has 0 atom stereocenters. The van der Waals surface area contributed by atoms with E-state index in [4.69, 9.17) is 16.7 Å². The molecule has 0 saturated carbocycles. The lowest BCUT2D eigenvalue weighted by Gasteiger charge is -1.90. The van der Waals surface area contributed by atoms with Crippen molar-refractivity contribution in [2.24, 2.45) is 0 Å². The van der Waals surface area contributed by atoms with E-state index in [1.807, 2.05) is 27.7 Å². The van der Waals surface area contributed by atoms with Gasteiger partial charge in [0.1, 0.15) is 0 Å². The van der Waals surface area contributed by atoms with E-state index >= 15 is 0 Å². The summed E-state index contributed by atoms with van der Waals surface area (Å²) < 4.78 is 0. The molecule has 0 bridgehead atoms. The van der Waals surface area contributed by atoms with E-state index in [1.165, 1.54) is 12.3 Å². The maximum Gasteiger partial charge on any atom is 0.354 e. The van der Waals surface area contributed by atoms with Gasteiger partial charge in [0.25, 0.3) is 0 Å². The number of nitrogens with zero attached hydrogens (tertiary/aromatic N) is 2. The molecule has 0 unspecified atom stereocenters. The Morgan fingerprint density at radius 3 is 2.14 bits per heavy atom. The van der Waals surface area contributed by atoms with Crippen molar-refractivity contribution in [1.82, 2.24) is 9.97 Å². The third kappa shape index (κ3) is 6.37. The number of carbonyl (C=O) groups is 1. The monoisotopic (exact) mass is 218 g/mol. The van der Waals surface area contributed by atoms with Crippen molar-refractivity contribution >= 4 is 17.6 Å². The summed E-state index contributed by atoms with van der Waals surface area (Å²) in [7, 11) is 0. The van der Waals surface area contributed by atoms with Crippen molar-refractivity contribution in [2.75, 3.05) is 0 Å². The molecular weight excluding hydrogens is 204 g/mol. The summed E-state index contributed by atoms with van der Waals surface area (Å²) in [6.45, 7) is 8.00. The molecule has 1 aromatic heterocycles. The summed E-state index contributed by atoms with van der Waals surface area (Å²) >= 11 is 5.30. The molecule has 0 amide bonds. The number of rotatable bonds is 1. The van der Waals surface area contributed by atoms with Crippen LogP contribution in [0.25, 0.3) is 0 Å². The Bertz CT molecular complexity index is 267. The number of hydrogen-bond donors (Lipinski definition) is 1. The Morgan fingerprint density at radius 1 is 1.36 bits per heavy atom. The van der Waals surface area contributed by atoms with Gasteiger partial charge in [-0.05, 0) is 17.7 Å². The summed E-state index contributed by atoms with van der Waals surface area (Å²) in [6, 6.07) is 1.27. The zero-order chi connectivity index (χ0) is 11.6. The molecule has 0 aliphatic heterocycles. The Balaban J connectivity index is 0. The Hall–Kier alpha value is -1.16. The van der Waals surface area contributed by atoms with E-state index in [0.29, 0.717) is 0 Å². The van der Waals surface area contributed by atoms with Crippen molar-refractivity contribution in [3.8, 4) is 0 Å². The third-order valence-electron chi connectivity index (χ3n) is 0.845. The van der Waals surface area contributed by atoms with Gasteiger partial charge in [-0.2, -0.15) is 0 Å². The van der Waals surface area contributed by atoms with Crippen LogP contribution in [-0.2, 0) is 0 Å². The van der Waals surface area contributed by atoms with Crippen LogP contribution >= 0.6 is 11.6 Å². The average molecular weight is 219 g/mol. The second-order valence-corrected chi connectivity index (χ2v) is 1.85. The number of hydrogen-bond acceptors (Lipinski definition) is 3. The van der Waals surface area contributed by atoms with Crippen LogP contribution in [-0.4, -0.2) is 21.0 Å². The van der Waals surface area contributed by atoms with Gasteiger partial charge in [0.05, 0.1) is 0 Å². The minimum Gasteiger partial charge on any atom is -0.477 e. The van der Waals surface area contributed by atoms with Crippen LogP contribution in [0.4, 0.5) is 0 Å². The number of aromatic carboxylic acids is 1. The van der Waals surface area contributed by atoms with Crippen molar-refractivity contribution in [3.05, 3.63) is 23.2 Å². The van der Waals surface area contributed by atoms with Crippen molar-refractivity contribution < 1.29 is 9.90 Å². The van der Waals surface area contributed by atoms with Crippen LogP contribution in [0.3, 0.4) is 0 Å². The minimum absolute atomic E-state index is 0.0556. The highest BCUT2D eigenvalue weighted by Crippen LogP contribution is 1.99. The second kappa shape index (κ2) is 9.92. The van der Waals surface area contributed by atoms with Gasteiger partial charge in [0, 0.05) is 6.20 Å². The molecule has 0 fully saturated rings. The first-order chi connectivity index (χ1) is 6.70. The van der Waals surface area contributed by atoms with Crippen LogP contribution in [0.15, 0.2) is 12.3 Å². The number of carboxylic acid groups (broad SMARTS) is 1. The molecule has 0 aromatic carbocycles. The first kappa shape index (κ1) is 15.3. The lowest BCUT2D eigenvalue weighted by atomic mass is 10.4. The van der Waals surface area contributed by atoms with Gasteiger partial charge in [-0.25, -0.2) is 14.8 Å². The Kier molecular flexibility index (Phi) is 10.9. The highest BCUT2D eigenvalue weighted by Gasteiger charge is 2.03. The SMILES string of the molecule is CC.CC.O=C(O)c1ccnc(Cl)n1. The molecule has 1 aromatic rings. The fourth-order valence-corrected chi connectivity index (χ4v) is 0.601. The molecular formula is C9H15ClN2O2. The molecule has 4 nitrogen and oxygen atoms in total. The average Bonchev–Trinajstić information content (AvgIpc) is 2.24. The highest BCUT2D eigenvalue weighted by molar-refractivity contribution is 6.28. The van der Waals surface area contributed by atoms with Crippen LogP contribution in [0.1, 0.15) is 38.2 Å². The van der Waals surface area contributed by atoms with Crippen molar-refractivity contribution in [3.63, 3.8) is 0 Å². The lowest BCUT2D eigenvalue weighted by Crippen LogP contribution is -2.00. The van der Waals surface area contributed by atoms with E-state index in [0.717, 1.165) is 0 Å². The van der Waals surface area contributed by atoms with E-state index < -0.39 is 5.97 Å². The summed E-state index contributed by atoms with van der Waals surface area (Å²) in [4.78, 5) is 17.1. The first-order valence-electron chi connectivity index (χ1n) is 4.42. The Morgan fingerprint density at radius 2 is 1.86 bits per heavy atom. The predicted octanol–water partition coefficient (Wildman–Crippen LogP) is 2.88. The Labute approximate surface area is 89.0 Å². The fraction of sp³-hybridized carbons (Fsp3) is 0.444. The van der Waals surface area contributed by atoms with Gasteiger partial charge < -0.3 is 5.11 Å². The zero-order valence-electron chi connectivity index (χ0n) is 8.78. The summed E-state index contributed by atoms with van der Waals surface area (Å²) in [5.41, 5.74) is -0.0972. The van der Waals surface area contributed by atoms with E-state index in [1.54, 1.807) is 0 Å². The van der Waals surface area contributed by atoms with Crippen LogP contribution in [0.5, 0.6) is 0 Å². The molecule has 80 valence electrons. The molecule has 0 spiro atoms. The van der Waals surface area contributed by atoms with Crippen molar-refractivity contribution in [1.29, 1.82) is 0 Å². The number of aromatic nitrogens is 2. The lowest BCUT2D eigenvalue weighted by molar-refractivity contribution is 0.0690. The molecule has 5 heteroatoms. The summed E-state index contributed by atoms with van der Waals surface area (Å²) in [6.07, 6.45) is 1.29. The maximum absolute atomic E-state index is 10.2. The van der Waals surface area contributed by atoms with E-state index in [2.05, 4.69) is 9.97 Å². The standard InChI is InChI=1S/C5H3ClN2O2.2C2H6/c6-5-7-2-1-3(8-5)4(9)10;2*1-2/h1-2H,(H,9,10);2*1-2H3. The molecule has 0 saturated heterocycles. The molecule has 14 heavy (non-hydrogen) atoms. The number of carboxylic acids is 1. The molecule has 1 N–H and O–H groups in total. The van der Waals surface area contributed by atoms with E-state index in [-0.39, 0.29) is 11.0 Å². The van der Waals surface area contributed by atoms with Crippen LogP contribution in [0, 0.1) is 0 Å². The van der Waals surface area contributed by atoms with Gasteiger partial charge in [0.15, 0.2) is 5.69 Å². The van der Waals surface area contributed by atoms with Gasteiger partial charge in [-0.3, -0.25) is 0 Å². The van der Waals surface area contributed by atoms with Gasteiger partial charge >= 0.3 is 5.97 Å². The third-order valence-corrected chi connectivity index (χ3v) is 1.03. The summed E-state index contributed by atoms with van der Waals surface area (Å²) in [5, 5.41) is 8.30. The fourth-order valence-electron chi connectivity index (χ4n) is 0.454. The smallest absolute Gasteiger partial charge is 0.354 e. The van der Waals surface area contributed by atoms with E-state index in [9.17, 15) is 4.79 Å². The maximum atomic E-state index is 10.2. The quantitative estimate of drug-likeness (QED) is 0.737. The molecule has 0 radical (unpaired) electrons. The summed E-state index contributed by atoms with van der Waals surface area (Å²) in [5.74, 6) is -1.11.